The van der Waals surface area contributed by atoms with Crippen molar-refractivity contribution in [3.8, 4) is 0 Å². The quantitative estimate of drug-likeness (QED) is 0.275. The molecule has 0 atom stereocenters. The zero-order valence-corrected chi connectivity index (χ0v) is 22.8. The molecule has 0 aromatic heterocycles. The average molecular weight is 577 g/mol. The van der Waals surface area contributed by atoms with Gasteiger partial charge in [-0.2, -0.15) is 0 Å². The van der Waals surface area contributed by atoms with Crippen LogP contribution < -0.4 is 10.6 Å². The molecule has 8 heteroatoms. The Morgan fingerprint density at radius 2 is 0.659 bits per heavy atom. The maximum Gasteiger partial charge on any atom is 0.255 e. The van der Waals surface area contributed by atoms with E-state index in [9.17, 15) is 28.8 Å². The Morgan fingerprint density at radius 3 is 1.00 bits per heavy atom. The minimum absolute atomic E-state index is 0.218. The number of rotatable bonds is 4. The first kappa shape index (κ1) is 26.6. The van der Waals surface area contributed by atoms with Crippen LogP contribution >= 0.6 is 0 Å². The van der Waals surface area contributed by atoms with Gasteiger partial charge < -0.3 is 10.6 Å². The molecular weight excluding hydrogens is 556 g/mol. The summed E-state index contributed by atoms with van der Waals surface area (Å²) >= 11 is 0. The number of fused-ring (bicyclic) bond motifs is 4. The number of carbonyl (C=O) groups excluding carboxylic acids is 6. The molecule has 44 heavy (non-hydrogen) atoms. The molecule has 210 valence electrons. The molecule has 8 nitrogen and oxygen atoms in total. The number of carbonyl (C=O) groups is 6. The maximum atomic E-state index is 13.0. The predicted octanol–water partition coefficient (Wildman–Crippen LogP) is 5.74. The molecule has 0 radical (unpaired) electrons. The van der Waals surface area contributed by atoms with E-state index < -0.39 is 11.8 Å². The van der Waals surface area contributed by atoms with Gasteiger partial charge in [0.2, 0.25) is 0 Å². The van der Waals surface area contributed by atoms with Gasteiger partial charge in [0, 0.05) is 67.0 Å². The van der Waals surface area contributed by atoms with Crippen LogP contribution in [0.4, 0.5) is 11.4 Å². The smallest absolute Gasteiger partial charge is 0.255 e. The van der Waals surface area contributed by atoms with Crippen LogP contribution in [0.1, 0.15) is 84.4 Å². The van der Waals surface area contributed by atoms with Gasteiger partial charge in [0.05, 0.1) is 0 Å². The van der Waals surface area contributed by atoms with Crippen molar-refractivity contribution in [3.05, 3.63) is 165 Å². The van der Waals surface area contributed by atoms with E-state index in [1.807, 2.05) is 0 Å². The Labute approximate surface area is 250 Å². The van der Waals surface area contributed by atoms with Crippen LogP contribution in [0, 0.1) is 0 Å². The molecule has 2 amide bonds. The normalized spacial score (nSPS) is 12.9. The average Bonchev–Trinajstić information content (AvgIpc) is 3.06. The lowest BCUT2D eigenvalue weighted by Gasteiger charge is -2.18. The molecule has 2 aliphatic rings. The van der Waals surface area contributed by atoms with E-state index in [0.717, 1.165) is 0 Å². The molecule has 2 aliphatic carbocycles. The molecule has 0 heterocycles. The van der Waals surface area contributed by atoms with Gasteiger partial charge >= 0.3 is 0 Å². The Hall–Kier alpha value is -6.28. The van der Waals surface area contributed by atoms with Gasteiger partial charge in [0.25, 0.3) is 11.8 Å². The second kappa shape index (κ2) is 10.2. The van der Waals surface area contributed by atoms with Crippen LogP contribution in [0.15, 0.2) is 109 Å². The van der Waals surface area contributed by atoms with Gasteiger partial charge in [-0.15, -0.1) is 0 Å². The molecular formula is C36H20N2O6. The molecule has 0 spiro atoms. The summed E-state index contributed by atoms with van der Waals surface area (Å²) in [6, 6.07) is 28.3. The molecule has 0 saturated carbocycles. The second-order valence-corrected chi connectivity index (χ2v) is 10.4. The van der Waals surface area contributed by atoms with Crippen molar-refractivity contribution in [1.82, 2.24) is 0 Å². The summed E-state index contributed by atoms with van der Waals surface area (Å²) < 4.78 is 0. The Kier molecular flexibility index (Phi) is 6.18. The van der Waals surface area contributed by atoms with Crippen LogP contribution in [0.25, 0.3) is 0 Å². The number of hydrogen-bond donors (Lipinski definition) is 2. The van der Waals surface area contributed by atoms with Gasteiger partial charge in [0.1, 0.15) is 0 Å². The Bertz CT molecular complexity index is 1980. The van der Waals surface area contributed by atoms with E-state index in [4.69, 9.17) is 0 Å². The molecule has 0 saturated heterocycles. The summed E-state index contributed by atoms with van der Waals surface area (Å²) in [7, 11) is 0. The number of benzene rings is 5. The van der Waals surface area contributed by atoms with Crippen molar-refractivity contribution in [2.75, 3.05) is 10.6 Å². The maximum absolute atomic E-state index is 13.0. The van der Waals surface area contributed by atoms with E-state index in [0.29, 0.717) is 33.6 Å². The van der Waals surface area contributed by atoms with Gasteiger partial charge in [-0.3, -0.25) is 28.8 Å². The highest BCUT2D eigenvalue weighted by molar-refractivity contribution is 6.29. The van der Waals surface area contributed by atoms with E-state index in [1.165, 1.54) is 48.5 Å². The first-order chi connectivity index (χ1) is 21.3. The van der Waals surface area contributed by atoms with Crippen molar-refractivity contribution in [2.45, 2.75) is 0 Å². The van der Waals surface area contributed by atoms with Crippen molar-refractivity contribution < 1.29 is 28.8 Å². The molecule has 0 unspecified atom stereocenters. The highest BCUT2D eigenvalue weighted by Crippen LogP contribution is 2.31. The number of ketones is 4. The molecule has 0 aliphatic heterocycles. The third kappa shape index (κ3) is 4.33. The monoisotopic (exact) mass is 576 g/mol. The van der Waals surface area contributed by atoms with Gasteiger partial charge in [-0.1, -0.05) is 48.5 Å². The van der Waals surface area contributed by atoms with E-state index in [2.05, 4.69) is 10.6 Å². The summed E-state index contributed by atoms with van der Waals surface area (Å²) in [5, 5.41) is 5.48. The topological polar surface area (TPSA) is 126 Å². The summed E-state index contributed by atoms with van der Waals surface area (Å²) in [6.07, 6.45) is 0. The molecule has 5 aromatic carbocycles. The number of anilines is 2. The second-order valence-electron chi connectivity index (χ2n) is 10.4. The minimum atomic E-state index is -0.468. The van der Waals surface area contributed by atoms with Crippen molar-refractivity contribution >= 4 is 46.3 Å². The van der Waals surface area contributed by atoms with Crippen LogP contribution in [-0.2, 0) is 0 Å². The fourth-order valence-corrected chi connectivity index (χ4v) is 5.53. The third-order valence-electron chi connectivity index (χ3n) is 7.78. The largest absolute Gasteiger partial charge is 0.322 e. The standard InChI is InChI=1S/C36H20N2O6/c39-31-23-5-1-3-7-25(23)33(41)29-17-21(13-15-27(29)31)37-35(43)19-9-11-20(12-10-19)36(44)38-22-14-16-28-30(18-22)34(42)26-8-4-2-6-24(26)32(28)40/h1-18H,(H,37,43)(H,38,44). The van der Waals surface area contributed by atoms with Gasteiger partial charge in [0.15, 0.2) is 23.1 Å². The lowest BCUT2D eigenvalue weighted by Crippen LogP contribution is -2.21. The summed E-state index contributed by atoms with van der Waals surface area (Å²) in [4.78, 5) is 77.6. The SMILES string of the molecule is O=C(Nc1ccc2c(c1)C(=O)c1ccccc1C2=O)c1ccc(C(=O)Nc2ccc3c(c2)C(=O)c2ccccc2C3=O)cc1. The molecule has 2 N–H and O–H groups in total. The van der Waals surface area contributed by atoms with E-state index in [-0.39, 0.29) is 56.5 Å². The summed E-state index contributed by atoms with van der Waals surface area (Å²) in [6.45, 7) is 0. The first-order valence-electron chi connectivity index (χ1n) is 13.7. The fraction of sp³-hybridized carbons (Fsp3) is 0. The predicted molar refractivity (Wildman–Crippen MR) is 162 cm³/mol. The fourth-order valence-electron chi connectivity index (χ4n) is 5.53. The van der Waals surface area contributed by atoms with Crippen molar-refractivity contribution in [1.29, 1.82) is 0 Å². The zero-order valence-electron chi connectivity index (χ0n) is 22.8. The zero-order chi connectivity index (χ0) is 30.5. The molecule has 7 rings (SSSR count). The number of nitrogens with one attached hydrogen (secondary N) is 2. The van der Waals surface area contributed by atoms with Crippen LogP contribution in [0.3, 0.4) is 0 Å². The van der Waals surface area contributed by atoms with Crippen LogP contribution in [-0.4, -0.2) is 34.9 Å². The Morgan fingerprint density at radius 1 is 0.364 bits per heavy atom. The first-order valence-corrected chi connectivity index (χ1v) is 13.7. The van der Waals surface area contributed by atoms with Gasteiger partial charge in [-0.25, -0.2) is 0 Å². The van der Waals surface area contributed by atoms with Crippen molar-refractivity contribution in [3.63, 3.8) is 0 Å². The highest BCUT2D eigenvalue weighted by Gasteiger charge is 2.31. The minimum Gasteiger partial charge on any atom is -0.322 e. The third-order valence-corrected chi connectivity index (χ3v) is 7.78. The molecule has 0 fully saturated rings. The molecule has 0 bridgehead atoms. The van der Waals surface area contributed by atoms with Crippen LogP contribution in [0.5, 0.6) is 0 Å². The van der Waals surface area contributed by atoms with E-state index in [1.54, 1.807) is 60.7 Å². The molecule has 5 aromatic rings. The summed E-state index contributed by atoms with van der Waals surface area (Å²) in [5.74, 6) is -2.01. The number of amides is 2. The highest BCUT2D eigenvalue weighted by atomic mass is 16.2. The number of hydrogen-bond acceptors (Lipinski definition) is 6. The Balaban J connectivity index is 1.05. The van der Waals surface area contributed by atoms with Gasteiger partial charge in [-0.05, 0) is 60.7 Å². The lowest BCUT2D eigenvalue weighted by molar-refractivity contribution is 0.0979. The lowest BCUT2D eigenvalue weighted by atomic mass is 9.84. The van der Waals surface area contributed by atoms with Crippen molar-refractivity contribution in [2.24, 2.45) is 0 Å². The summed E-state index contributed by atoms with van der Waals surface area (Å²) in [5.41, 5.74) is 3.58. The van der Waals surface area contributed by atoms with Crippen LogP contribution in [0.2, 0.25) is 0 Å². The van der Waals surface area contributed by atoms with E-state index >= 15 is 0 Å².